The molecule has 0 spiro atoms. The highest BCUT2D eigenvalue weighted by atomic mass is 32.2. The Balaban J connectivity index is 1.63. The maximum atomic E-state index is 12.5. The van der Waals surface area contributed by atoms with E-state index in [1.54, 1.807) is 0 Å². The number of rotatable bonds is 8. The smallest absolute Gasteiger partial charge is 0.269 e. The number of benzene rings is 2. The third-order valence-corrected chi connectivity index (χ3v) is 5.42. The number of carbonyl (C=O) groups is 1. The van der Waals surface area contributed by atoms with Gasteiger partial charge < -0.3 is 10.1 Å². The normalized spacial score (nSPS) is 11.2. The lowest BCUT2D eigenvalue weighted by atomic mass is 10.2. The molecule has 0 saturated carbocycles. The van der Waals surface area contributed by atoms with Crippen molar-refractivity contribution >= 4 is 39.2 Å². The molecule has 0 fully saturated rings. The molecular formula is C20H17N5O6S. The van der Waals surface area contributed by atoms with E-state index in [0.717, 1.165) is 0 Å². The minimum atomic E-state index is -3.91. The molecule has 3 aromatic rings. The summed E-state index contributed by atoms with van der Waals surface area (Å²) in [6.45, 7) is 0. The quantitative estimate of drug-likeness (QED) is 0.299. The van der Waals surface area contributed by atoms with Crippen LogP contribution in [0.2, 0.25) is 0 Å². The molecular weight excluding hydrogens is 438 g/mol. The van der Waals surface area contributed by atoms with Crippen LogP contribution in [0.4, 0.5) is 17.2 Å². The van der Waals surface area contributed by atoms with Gasteiger partial charge in [-0.3, -0.25) is 19.6 Å². The Hall–Kier alpha value is -4.32. The molecule has 0 unspecified atom stereocenters. The Labute approximate surface area is 183 Å². The fourth-order valence-corrected chi connectivity index (χ4v) is 3.48. The predicted octanol–water partition coefficient (Wildman–Crippen LogP) is 2.85. The summed E-state index contributed by atoms with van der Waals surface area (Å²) in [5.41, 5.74) is 0.945. The summed E-state index contributed by atoms with van der Waals surface area (Å²) in [5, 5.41) is 13.3. The zero-order valence-corrected chi connectivity index (χ0v) is 17.4. The average molecular weight is 455 g/mol. The van der Waals surface area contributed by atoms with E-state index in [0.29, 0.717) is 11.3 Å². The third-order valence-electron chi connectivity index (χ3n) is 4.05. The Bertz CT molecular complexity index is 1260. The van der Waals surface area contributed by atoms with Gasteiger partial charge in [-0.15, -0.1) is 0 Å². The van der Waals surface area contributed by atoms with Crippen molar-refractivity contribution in [2.24, 2.45) is 0 Å². The highest BCUT2D eigenvalue weighted by Gasteiger charge is 2.15. The molecule has 2 N–H and O–H groups in total. The first kappa shape index (κ1) is 22.4. The van der Waals surface area contributed by atoms with Crippen LogP contribution >= 0.6 is 0 Å². The molecule has 2 aromatic carbocycles. The molecule has 1 aromatic heterocycles. The van der Waals surface area contributed by atoms with Crippen molar-refractivity contribution in [3.8, 4) is 5.88 Å². The molecule has 0 bridgehead atoms. The number of amides is 1. The molecule has 164 valence electrons. The van der Waals surface area contributed by atoms with Crippen molar-refractivity contribution in [1.29, 1.82) is 0 Å². The Morgan fingerprint density at radius 3 is 2.41 bits per heavy atom. The molecule has 12 heteroatoms. The number of anilines is 2. The molecule has 0 aliphatic carbocycles. The molecule has 32 heavy (non-hydrogen) atoms. The molecule has 0 saturated heterocycles. The van der Waals surface area contributed by atoms with Gasteiger partial charge in [-0.1, -0.05) is 0 Å². The van der Waals surface area contributed by atoms with E-state index in [2.05, 4.69) is 20.0 Å². The lowest BCUT2D eigenvalue weighted by Gasteiger charge is -2.09. The van der Waals surface area contributed by atoms with Crippen LogP contribution in [0.3, 0.4) is 0 Å². The zero-order chi connectivity index (χ0) is 23.1. The summed E-state index contributed by atoms with van der Waals surface area (Å²) in [7, 11) is -2.51. The monoisotopic (exact) mass is 455 g/mol. The van der Waals surface area contributed by atoms with E-state index in [1.807, 2.05) is 0 Å². The van der Waals surface area contributed by atoms with E-state index in [-0.39, 0.29) is 22.3 Å². The number of nitro groups is 1. The number of carbonyl (C=O) groups excluding carboxylic acids is 1. The Kier molecular flexibility index (Phi) is 6.75. The lowest BCUT2D eigenvalue weighted by molar-refractivity contribution is -0.384. The largest absolute Gasteiger partial charge is 0.481 e. The van der Waals surface area contributed by atoms with Gasteiger partial charge in [0.2, 0.25) is 11.8 Å². The second kappa shape index (κ2) is 9.66. The van der Waals surface area contributed by atoms with Crippen LogP contribution in [-0.4, -0.2) is 36.3 Å². The van der Waals surface area contributed by atoms with Crippen molar-refractivity contribution in [1.82, 2.24) is 9.97 Å². The van der Waals surface area contributed by atoms with Gasteiger partial charge in [0.1, 0.15) is 12.1 Å². The molecule has 0 radical (unpaired) electrons. The van der Waals surface area contributed by atoms with Crippen LogP contribution in [0.5, 0.6) is 5.88 Å². The number of sulfonamides is 1. The number of hydrogen-bond donors (Lipinski definition) is 2. The van der Waals surface area contributed by atoms with Crippen molar-refractivity contribution in [2.45, 2.75) is 4.90 Å². The number of aromatic nitrogens is 2. The second-order valence-electron chi connectivity index (χ2n) is 6.25. The Morgan fingerprint density at radius 1 is 1.09 bits per heavy atom. The predicted molar refractivity (Wildman–Crippen MR) is 117 cm³/mol. The van der Waals surface area contributed by atoms with Gasteiger partial charge in [0.15, 0.2) is 0 Å². The highest BCUT2D eigenvalue weighted by Crippen LogP contribution is 2.19. The maximum Gasteiger partial charge on any atom is 0.269 e. The number of nitrogens with one attached hydrogen (secondary N) is 2. The fourth-order valence-electron chi connectivity index (χ4n) is 2.48. The van der Waals surface area contributed by atoms with Crippen molar-refractivity contribution < 1.29 is 22.9 Å². The standard InChI is InChI=1S/C20H17N5O6S/c1-31-20-12-18(21-13-22-20)24-32(29,30)17-9-5-15(6-10-17)23-19(26)11-4-14-2-7-16(8-3-14)25(27)28/h2-13H,1H3,(H,23,26)(H,21,22,24). The van der Waals surface area contributed by atoms with Crippen LogP contribution in [0.15, 0.2) is 71.9 Å². The number of non-ortho nitro benzene ring substituents is 1. The topological polar surface area (TPSA) is 153 Å². The van der Waals surface area contributed by atoms with E-state index in [1.165, 1.54) is 80.2 Å². The number of ether oxygens (including phenoxy) is 1. The fraction of sp³-hybridized carbons (Fsp3) is 0.0500. The molecule has 0 aliphatic rings. The molecule has 3 rings (SSSR count). The van der Waals surface area contributed by atoms with Gasteiger partial charge >= 0.3 is 0 Å². The van der Waals surface area contributed by atoms with E-state index < -0.39 is 20.9 Å². The zero-order valence-electron chi connectivity index (χ0n) is 16.6. The Morgan fingerprint density at radius 2 is 1.78 bits per heavy atom. The van der Waals surface area contributed by atoms with Gasteiger partial charge in [-0.05, 0) is 48.0 Å². The molecule has 1 heterocycles. The molecule has 0 aliphatic heterocycles. The summed E-state index contributed by atoms with van der Waals surface area (Å²) in [5.74, 6) is -0.201. The summed E-state index contributed by atoms with van der Waals surface area (Å²) in [6, 6.07) is 12.6. The molecule has 0 atom stereocenters. The van der Waals surface area contributed by atoms with Crippen LogP contribution in [-0.2, 0) is 14.8 Å². The number of nitrogens with zero attached hydrogens (tertiary/aromatic N) is 3. The van der Waals surface area contributed by atoms with Crippen molar-refractivity contribution in [3.63, 3.8) is 0 Å². The lowest BCUT2D eigenvalue weighted by Crippen LogP contribution is -2.14. The summed E-state index contributed by atoms with van der Waals surface area (Å²) >= 11 is 0. The maximum absolute atomic E-state index is 12.5. The molecule has 11 nitrogen and oxygen atoms in total. The van der Waals surface area contributed by atoms with Gasteiger partial charge in [0.25, 0.3) is 15.7 Å². The van der Waals surface area contributed by atoms with E-state index in [4.69, 9.17) is 4.74 Å². The first-order valence-electron chi connectivity index (χ1n) is 8.99. The van der Waals surface area contributed by atoms with Gasteiger partial charge in [0.05, 0.1) is 16.9 Å². The van der Waals surface area contributed by atoms with E-state index >= 15 is 0 Å². The van der Waals surface area contributed by atoms with Gasteiger partial charge in [0, 0.05) is 30.0 Å². The summed E-state index contributed by atoms with van der Waals surface area (Å²) in [4.78, 5) is 29.8. The van der Waals surface area contributed by atoms with Crippen LogP contribution in [0, 0.1) is 10.1 Å². The van der Waals surface area contributed by atoms with E-state index in [9.17, 15) is 23.3 Å². The number of nitro benzene ring substituents is 1. The van der Waals surface area contributed by atoms with Gasteiger partial charge in [-0.25, -0.2) is 18.4 Å². The first-order chi connectivity index (χ1) is 15.3. The third kappa shape index (κ3) is 5.86. The molecule has 1 amide bonds. The summed E-state index contributed by atoms with van der Waals surface area (Å²) in [6.07, 6.45) is 3.92. The van der Waals surface area contributed by atoms with Crippen LogP contribution in [0.1, 0.15) is 5.56 Å². The second-order valence-corrected chi connectivity index (χ2v) is 7.93. The summed E-state index contributed by atoms with van der Waals surface area (Å²) < 4.78 is 32.3. The first-order valence-corrected chi connectivity index (χ1v) is 10.5. The van der Waals surface area contributed by atoms with Crippen LogP contribution in [0.25, 0.3) is 6.08 Å². The number of methoxy groups -OCH3 is 1. The van der Waals surface area contributed by atoms with Crippen molar-refractivity contribution in [2.75, 3.05) is 17.1 Å². The highest BCUT2D eigenvalue weighted by molar-refractivity contribution is 7.92. The van der Waals surface area contributed by atoms with Crippen LogP contribution < -0.4 is 14.8 Å². The number of hydrogen-bond acceptors (Lipinski definition) is 8. The SMILES string of the molecule is COc1cc(NS(=O)(=O)c2ccc(NC(=O)C=Cc3ccc([N+](=O)[O-])cc3)cc2)ncn1. The van der Waals surface area contributed by atoms with Gasteiger partial charge in [-0.2, -0.15) is 0 Å². The van der Waals surface area contributed by atoms with Crippen molar-refractivity contribution in [3.05, 3.63) is 82.7 Å². The minimum absolute atomic E-state index is 0.0329. The minimum Gasteiger partial charge on any atom is -0.481 e. The average Bonchev–Trinajstić information content (AvgIpc) is 2.78.